The zero-order chi connectivity index (χ0) is 18.1. The smallest absolute Gasteiger partial charge is 0.261 e. The monoisotopic (exact) mass is 386 g/mol. The fraction of sp³-hybridized carbons (Fsp3) is 0.0556. The highest BCUT2D eigenvalue weighted by Gasteiger charge is 2.14. The van der Waals surface area contributed by atoms with E-state index in [0.717, 1.165) is 10.4 Å². The summed E-state index contributed by atoms with van der Waals surface area (Å²) in [6.45, 7) is 0.405. The molecular weight excluding hydrogens is 375 g/mol. The van der Waals surface area contributed by atoms with Crippen LogP contribution in [-0.4, -0.2) is 20.9 Å². The van der Waals surface area contributed by atoms with E-state index in [1.165, 1.54) is 23.5 Å². The third kappa shape index (κ3) is 3.31. The Kier molecular flexibility index (Phi) is 4.40. The molecule has 26 heavy (non-hydrogen) atoms. The number of aromatic amines is 1. The minimum atomic E-state index is -0.504. The van der Waals surface area contributed by atoms with Crippen molar-refractivity contribution in [1.29, 1.82) is 0 Å². The van der Waals surface area contributed by atoms with Crippen LogP contribution in [0.4, 0.5) is 4.39 Å². The minimum Gasteiger partial charge on any atom is -0.347 e. The Morgan fingerprint density at radius 2 is 2.19 bits per heavy atom. The van der Waals surface area contributed by atoms with Crippen molar-refractivity contribution in [3.63, 3.8) is 0 Å². The highest BCUT2D eigenvalue weighted by Crippen LogP contribution is 2.29. The Labute approximate surface area is 156 Å². The van der Waals surface area contributed by atoms with Gasteiger partial charge in [-0.3, -0.25) is 9.78 Å². The van der Waals surface area contributed by atoms with Crippen molar-refractivity contribution in [3.8, 4) is 10.7 Å². The molecule has 0 aliphatic heterocycles. The number of amides is 1. The molecule has 0 saturated heterocycles. The van der Waals surface area contributed by atoms with E-state index in [9.17, 15) is 9.18 Å². The van der Waals surface area contributed by atoms with Gasteiger partial charge < -0.3 is 10.3 Å². The van der Waals surface area contributed by atoms with Crippen LogP contribution in [0, 0.1) is 5.82 Å². The first-order valence-corrected chi connectivity index (χ1v) is 8.91. The van der Waals surface area contributed by atoms with E-state index in [4.69, 9.17) is 11.6 Å². The predicted octanol–water partition coefficient (Wildman–Crippen LogP) is 4.41. The molecule has 0 saturated carbocycles. The summed E-state index contributed by atoms with van der Waals surface area (Å²) >= 11 is 7.09. The zero-order valence-electron chi connectivity index (χ0n) is 13.3. The number of carbonyl (C=O) groups excluding carboxylic acids is 1. The number of halogens is 2. The first-order valence-electron chi connectivity index (χ1n) is 7.72. The summed E-state index contributed by atoms with van der Waals surface area (Å²) in [5.74, 6) is -0.107. The van der Waals surface area contributed by atoms with Gasteiger partial charge in [-0.2, -0.15) is 0 Å². The van der Waals surface area contributed by atoms with Crippen molar-refractivity contribution in [2.75, 3.05) is 0 Å². The topological polar surface area (TPSA) is 70.7 Å². The lowest BCUT2D eigenvalue weighted by molar-refractivity contribution is 0.0955. The molecule has 130 valence electrons. The highest BCUT2D eigenvalue weighted by atomic mass is 35.5. The number of thiophene rings is 1. The number of rotatable bonds is 4. The van der Waals surface area contributed by atoms with E-state index in [-0.39, 0.29) is 10.9 Å². The van der Waals surface area contributed by atoms with Crippen LogP contribution in [0.5, 0.6) is 0 Å². The lowest BCUT2D eigenvalue weighted by Gasteiger charge is -2.02. The number of hydrogen-bond acceptors (Lipinski definition) is 4. The lowest BCUT2D eigenvalue weighted by Crippen LogP contribution is -2.21. The number of carbonyl (C=O) groups is 1. The molecule has 4 aromatic rings. The van der Waals surface area contributed by atoms with Gasteiger partial charge in [0, 0.05) is 25.0 Å². The van der Waals surface area contributed by atoms with Gasteiger partial charge in [0.25, 0.3) is 5.91 Å². The van der Waals surface area contributed by atoms with E-state index in [0.29, 0.717) is 28.3 Å². The van der Waals surface area contributed by atoms with Gasteiger partial charge in [0.1, 0.15) is 11.6 Å². The van der Waals surface area contributed by atoms with Crippen LogP contribution in [0.15, 0.2) is 48.8 Å². The molecule has 0 atom stereocenters. The quantitative estimate of drug-likeness (QED) is 0.545. The van der Waals surface area contributed by atoms with Crippen molar-refractivity contribution in [1.82, 2.24) is 20.3 Å². The molecule has 3 heterocycles. The second-order valence-corrected chi connectivity index (χ2v) is 7.07. The Hall–Kier alpha value is -2.77. The fourth-order valence-corrected chi connectivity index (χ4v) is 3.51. The number of benzene rings is 1. The SMILES string of the molecule is O=C(NCc1cccnc1)c1ccc(-c2nc3cc(Cl)c(F)cc3[nH]2)s1. The van der Waals surface area contributed by atoms with Crippen molar-refractivity contribution < 1.29 is 9.18 Å². The second kappa shape index (κ2) is 6.86. The van der Waals surface area contributed by atoms with E-state index in [2.05, 4.69) is 20.3 Å². The third-order valence-corrected chi connectivity index (χ3v) is 5.14. The minimum absolute atomic E-state index is 0.0252. The van der Waals surface area contributed by atoms with E-state index >= 15 is 0 Å². The molecule has 1 aromatic carbocycles. The van der Waals surface area contributed by atoms with Crippen molar-refractivity contribution in [3.05, 3.63) is 70.1 Å². The number of nitrogens with one attached hydrogen (secondary N) is 2. The summed E-state index contributed by atoms with van der Waals surface area (Å²) in [4.78, 5) is 25.1. The van der Waals surface area contributed by atoms with Gasteiger partial charge in [-0.1, -0.05) is 17.7 Å². The number of pyridine rings is 1. The Bertz CT molecular complexity index is 1050. The summed E-state index contributed by atoms with van der Waals surface area (Å²) in [6, 6.07) is 10.0. The summed E-state index contributed by atoms with van der Waals surface area (Å²) in [6.07, 6.45) is 3.39. The average molecular weight is 387 g/mol. The van der Waals surface area contributed by atoms with Gasteiger partial charge in [-0.15, -0.1) is 11.3 Å². The van der Waals surface area contributed by atoms with Gasteiger partial charge in [0.05, 0.1) is 25.8 Å². The molecular formula is C18H12ClFN4OS. The summed E-state index contributed by atoms with van der Waals surface area (Å²) in [5, 5.41) is 2.88. The Morgan fingerprint density at radius 3 is 3.00 bits per heavy atom. The van der Waals surface area contributed by atoms with Gasteiger partial charge >= 0.3 is 0 Å². The van der Waals surface area contributed by atoms with E-state index < -0.39 is 5.82 Å². The highest BCUT2D eigenvalue weighted by molar-refractivity contribution is 7.17. The number of fused-ring (bicyclic) bond motifs is 1. The fourth-order valence-electron chi connectivity index (χ4n) is 2.48. The first-order chi connectivity index (χ1) is 12.6. The predicted molar refractivity (Wildman–Crippen MR) is 99.8 cm³/mol. The van der Waals surface area contributed by atoms with Crippen LogP contribution in [-0.2, 0) is 6.54 Å². The van der Waals surface area contributed by atoms with E-state index in [1.54, 1.807) is 24.5 Å². The molecule has 0 spiro atoms. The largest absolute Gasteiger partial charge is 0.347 e. The Morgan fingerprint density at radius 1 is 1.31 bits per heavy atom. The van der Waals surface area contributed by atoms with Crippen LogP contribution in [0.2, 0.25) is 5.02 Å². The lowest BCUT2D eigenvalue weighted by atomic mass is 10.3. The van der Waals surface area contributed by atoms with E-state index in [1.807, 2.05) is 12.1 Å². The van der Waals surface area contributed by atoms with Crippen LogP contribution in [0.1, 0.15) is 15.2 Å². The Balaban J connectivity index is 1.53. The summed E-state index contributed by atoms with van der Waals surface area (Å²) < 4.78 is 13.6. The molecule has 2 N–H and O–H groups in total. The first kappa shape index (κ1) is 16.7. The molecule has 1 amide bonds. The molecule has 8 heteroatoms. The molecule has 4 rings (SSSR count). The van der Waals surface area contributed by atoms with Crippen LogP contribution in [0.3, 0.4) is 0 Å². The van der Waals surface area contributed by atoms with Gasteiger partial charge in [-0.05, 0) is 29.8 Å². The zero-order valence-corrected chi connectivity index (χ0v) is 14.9. The number of H-pyrrole nitrogens is 1. The maximum absolute atomic E-state index is 13.6. The third-order valence-electron chi connectivity index (χ3n) is 3.76. The maximum Gasteiger partial charge on any atom is 0.261 e. The van der Waals surface area contributed by atoms with Crippen molar-refractivity contribution >= 4 is 39.9 Å². The second-order valence-electron chi connectivity index (χ2n) is 5.58. The molecule has 0 radical (unpaired) electrons. The van der Waals surface area contributed by atoms with Crippen LogP contribution < -0.4 is 5.32 Å². The van der Waals surface area contributed by atoms with Crippen molar-refractivity contribution in [2.24, 2.45) is 0 Å². The number of imidazole rings is 1. The van der Waals surface area contributed by atoms with Gasteiger partial charge in [-0.25, -0.2) is 9.37 Å². The molecule has 0 unspecified atom stereocenters. The number of aromatic nitrogens is 3. The average Bonchev–Trinajstić information content (AvgIpc) is 3.28. The molecule has 3 aromatic heterocycles. The molecule has 0 aliphatic carbocycles. The molecule has 0 aliphatic rings. The van der Waals surface area contributed by atoms with Gasteiger partial charge in [0.15, 0.2) is 0 Å². The number of nitrogens with zero attached hydrogens (tertiary/aromatic N) is 2. The number of hydrogen-bond donors (Lipinski definition) is 2. The van der Waals surface area contributed by atoms with Gasteiger partial charge in [0.2, 0.25) is 0 Å². The summed E-state index contributed by atoms with van der Waals surface area (Å²) in [5.41, 5.74) is 2.05. The standard InChI is InChI=1S/C18H12ClFN4OS/c19-11-6-13-14(7-12(11)20)24-17(23-13)15-3-4-16(26-15)18(25)22-9-10-2-1-5-21-8-10/h1-8H,9H2,(H,22,25)(H,23,24). The molecule has 0 bridgehead atoms. The maximum atomic E-state index is 13.6. The van der Waals surface area contributed by atoms with Crippen LogP contribution in [0.25, 0.3) is 21.7 Å². The molecule has 0 fully saturated rings. The molecule has 5 nitrogen and oxygen atoms in total. The normalized spacial score (nSPS) is 11.0. The van der Waals surface area contributed by atoms with Crippen LogP contribution >= 0.6 is 22.9 Å². The summed E-state index contributed by atoms with van der Waals surface area (Å²) in [7, 11) is 0. The van der Waals surface area contributed by atoms with Crippen molar-refractivity contribution in [2.45, 2.75) is 6.54 Å².